The average molecular weight is 467 g/mol. The summed E-state index contributed by atoms with van der Waals surface area (Å²) in [6.07, 6.45) is 0.0528. The molecule has 0 radical (unpaired) electrons. The number of benzene rings is 2. The van der Waals surface area contributed by atoms with E-state index in [1.165, 1.54) is 0 Å². The molecule has 29 heavy (non-hydrogen) atoms. The Morgan fingerprint density at radius 1 is 0.655 bits per heavy atom. The first-order valence-electron chi connectivity index (χ1n) is 9.83. The molecule has 0 spiro atoms. The molecule has 0 aliphatic rings. The zero-order valence-electron chi connectivity index (χ0n) is 18.6. The molecule has 9 heteroatoms. The highest BCUT2D eigenvalue weighted by molar-refractivity contribution is 7.01. The highest BCUT2D eigenvalue weighted by Gasteiger charge is 2.52. The van der Waals surface area contributed by atoms with E-state index in [-0.39, 0.29) is 6.23 Å². The summed E-state index contributed by atoms with van der Waals surface area (Å²) in [7, 11) is -8.83. The lowest BCUT2D eigenvalue weighted by molar-refractivity contribution is 0.268. The van der Waals surface area contributed by atoms with Crippen LogP contribution in [0.5, 0.6) is 0 Å². The molecule has 2 aromatic carbocycles. The van der Waals surface area contributed by atoms with Crippen molar-refractivity contribution in [1.29, 1.82) is 0 Å². The molecule has 5 nitrogen and oxygen atoms in total. The Labute approximate surface area is 179 Å². The van der Waals surface area contributed by atoms with E-state index in [9.17, 15) is 5.11 Å². The lowest BCUT2D eigenvalue weighted by atomic mass is 10.4. The molecule has 0 atom stereocenters. The summed E-state index contributed by atoms with van der Waals surface area (Å²) >= 11 is 0. The highest BCUT2D eigenvalue weighted by atomic mass is 28.5. The number of aliphatic hydroxyl groups is 1. The molecule has 0 aliphatic carbocycles. The van der Waals surface area contributed by atoms with Gasteiger partial charge in [-0.15, -0.1) is 0 Å². The van der Waals surface area contributed by atoms with E-state index in [0.29, 0.717) is 0 Å². The van der Waals surface area contributed by atoms with Gasteiger partial charge in [0.2, 0.25) is 8.32 Å². The third-order valence-electron chi connectivity index (χ3n) is 4.48. The quantitative estimate of drug-likeness (QED) is 0.545. The van der Waals surface area contributed by atoms with Gasteiger partial charge in [0.1, 0.15) is 0 Å². The zero-order valence-corrected chi connectivity index (χ0v) is 22.6. The first-order valence-corrected chi connectivity index (χ1v) is 20.4. The fraction of sp³-hybridized carbons (Fsp3) is 0.400. The maximum Gasteiger partial charge on any atom is 0.389 e. The van der Waals surface area contributed by atoms with E-state index < -0.39 is 34.0 Å². The second kappa shape index (κ2) is 9.50. The van der Waals surface area contributed by atoms with Crippen LogP contribution in [0, 0.1) is 0 Å². The smallest absolute Gasteiger partial charge is 0.389 e. The fourth-order valence-corrected chi connectivity index (χ4v) is 19.2. The normalized spacial score (nSPS) is 13.5. The van der Waals surface area contributed by atoms with Crippen LogP contribution in [0.15, 0.2) is 60.7 Å². The number of hydrogen-bond donors (Lipinski definition) is 1. The summed E-state index contributed by atoms with van der Waals surface area (Å²) in [5.74, 6) is 0. The van der Waals surface area contributed by atoms with Crippen LogP contribution in [-0.4, -0.2) is 52.4 Å². The Hall–Kier alpha value is -0.892. The fourth-order valence-electron chi connectivity index (χ4n) is 3.19. The summed E-state index contributed by atoms with van der Waals surface area (Å²) in [6.45, 7) is 12.2. The van der Waals surface area contributed by atoms with Crippen molar-refractivity contribution in [3.05, 3.63) is 60.7 Å². The molecule has 1 N–H and O–H groups in total. The van der Waals surface area contributed by atoms with E-state index in [4.69, 9.17) is 16.8 Å². The molecule has 0 bridgehead atoms. The van der Waals surface area contributed by atoms with Crippen molar-refractivity contribution >= 4 is 44.4 Å². The lowest BCUT2D eigenvalue weighted by Gasteiger charge is -2.43. The zero-order chi connectivity index (χ0) is 21.8. The predicted octanol–water partition coefficient (Wildman–Crippen LogP) is 3.08. The monoisotopic (exact) mass is 466 g/mol. The van der Waals surface area contributed by atoms with E-state index >= 15 is 0 Å². The van der Waals surface area contributed by atoms with Gasteiger partial charge in [0.05, 0.1) is 6.23 Å². The van der Waals surface area contributed by atoms with Crippen molar-refractivity contribution < 1.29 is 21.9 Å². The van der Waals surface area contributed by atoms with Crippen LogP contribution in [0.2, 0.25) is 39.3 Å². The number of aliphatic hydroxyl groups excluding tert-OH is 1. The molecule has 0 amide bonds. The van der Waals surface area contributed by atoms with Gasteiger partial charge in [-0.1, -0.05) is 60.7 Å². The number of hydrogen-bond acceptors (Lipinski definition) is 5. The summed E-state index contributed by atoms with van der Waals surface area (Å²) in [5, 5.41) is 11.8. The van der Waals surface area contributed by atoms with Gasteiger partial charge >= 0.3 is 25.7 Å². The summed E-state index contributed by atoms with van der Waals surface area (Å²) in [6, 6.07) is 20.3. The van der Waals surface area contributed by atoms with Crippen LogP contribution in [0.3, 0.4) is 0 Å². The first-order chi connectivity index (χ1) is 13.5. The van der Waals surface area contributed by atoms with Crippen molar-refractivity contribution in [1.82, 2.24) is 0 Å². The van der Waals surface area contributed by atoms with Gasteiger partial charge in [0.15, 0.2) is 0 Å². The van der Waals surface area contributed by atoms with Gasteiger partial charge in [-0.2, -0.15) is 0 Å². The molecular weight excluding hydrogens is 433 g/mol. The third-order valence-corrected chi connectivity index (χ3v) is 18.8. The lowest BCUT2D eigenvalue weighted by Crippen LogP contribution is -2.71. The maximum absolute atomic E-state index is 9.78. The predicted molar refractivity (Wildman–Crippen MR) is 128 cm³/mol. The Bertz CT molecular complexity index is 729. The van der Waals surface area contributed by atoms with Crippen LogP contribution in [0.1, 0.15) is 0 Å². The van der Waals surface area contributed by atoms with Gasteiger partial charge in [-0.25, -0.2) is 0 Å². The van der Waals surface area contributed by atoms with Crippen LogP contribution >= 0.6 is 0 Å². The molecular formula is C20H34O5Si4. The second-order valence-electron chi connectivity index (χ2n) is 8.58. The molecule has 0 aliphatic heterocycles. The van der Waals surface area contributed by atoms with E-state index in [1.54, 1.807) is 7.11 Å². The Balaban J connectivity index is 2.65. The number of rotatable bonds is 10. The Morgan fingerprint density at radius 3 is 1.45 bits per heavy atom. The minimum Gasteiger partial charge on any atom is -0.435 e. The van der Waals surface area contributed by atoms with Crippen molar-refractivity contribution in [2.24, 2.45) is 0 Å². The summed E-state index contributed by atoms with van der Waals surface area (Å²) in [5.41, 5.74) is 0. The Kier molecular flexibility index (Phi) is 7.98. The van der Waals surface area contributed by atoms with Crippen molar-refractivity contribution in [2.75, 3.05) is 13.3 Å². The van der Waals surface area contributed by atoms with Crippen molar-refractivity contribution in [3.8, 4) is 0 Å². The van der Waals surface area contributed by atoms with E-state index in [1.807, 2.05) is 75.7 Å². The minimum atomic E-state index is -3.14. The van der Waals surface area contributed by atoms with Crippen LogP contribution in [-0.2, 0) is 16.8 Å². The van der Waals surface area contributed by atoms with Gasteiger partial charge < -0.3 is 21.9 Å². The molecule has 2 rings (SSSR count). The summed E-state index contributed by atoms with van der Waals surface area (Å²) in [4.78, 5) is 0. The first kappa shape index (κ1) is 24.4. The van der Waals surface area contributed by atoms with Crippen LogP contribution in [0.25, 0.3) is 0 Å². The van der Waals surface area contributed by atoms with Crippen LogP contribution in [0.4, 0.5) is 0 Å². The Morgan fingerprint density at radius 2 is 1.07 bits per heavy atom. The maximum atomic E-state index is 9.78. The standard InChI is InChI=1S/C20H34O5Si4/c1-22-27(4,5)24-29(19-14-10-8-11-15-19,20-16-12-9-13-17-20)25-28(6,7)23-26(2,3)18-21/h8-17,21H,18H2,1-7H3. The topological polar surface area (TPSA) is 57.2 Å². The van der Waals surface area contributed by atoms with Gasteiger partial charge in [-0.3, -0.25) is 0 Å². The average Bonchev–Trinajstić information content (AvgIpc) is 2.67. The largest absolute Gasteiger partial charge is 0.435 e. The SMILES string of the molecule is CO[Si](C)(C)O[Si](O[Si](C)(C)O[Si](C)(C)CO)(c1ccccc1)c1ccccc1. The molecule has 0 heterocycles. The molecule has 160 valence electrons. The molecule has 0 saturated carbocycles. The van der Waals surface area contributed by atoms with Crippen LogP contribution < -0.4 is 10.4 Å². The summed E-state index contributed by atoms with van der Waals surface area (Å²) < 4.78 is 26.1. The van der Waals surface area contributed by atoms with Gasteiger partial charge in [0.25, 0.3) is 0 Å². The van der Waals surface area contributed by atoms with Crippen molar-refractivity contribution in [2.45, 2.75) is 39.3 Å². The second-order valence-corrected chi connectivity index (χ2v) is 23.3. The third kappa shape index (κ3) is 6.54. The highest BCUT2D eigenvalue weighted by Crippen LogP contribution is 2.24. The molecule has 2 aromatic rings. The van der Waals surface area contributed by atoms with E-state index in [0.717, 1.165) is 10.4 Å². The van der Waals surface area contributed by atoms with E-state index in [2.05, 4.69) is 24.3 Å². The molecule has 0 saturated heterocycles. The molecule has 0 aromatic heterocycles. The van der Waals surface area contributed by atoms with Gasteiger partial charge in [0, 0.05) is 7.11 Å². The van der Waals surface area contributed by atoms with Crippen molar-refractivity contribution in [3.63, 3.8) is 0 Å². The molecule has 0 unspecified atom stereocenters. The van der Waals surface area contributed by atoms with Gasteiger partial charge in [-0.05, 0) is 49.7 Å². The minimum absolute atomic E-state index is 0.0528. The molecule has 0 fully saturated rings.